The van der Waals surface area contributed by atoms with Gasteiger partial charge in [0, 0.05) is 22.2 Å². The van der Waals surface area contributed by atoms with Crippen LogP contribution in [0, 0.1) is 5.82 Å². The number of rotatable bonds is 5. The van der Waals surface area contributed by atoms with Crippen LogP contribution in [0.25, 0.3) is 0 Å². The average Bonchev–Trinajstić information content (AvgIpc) is 2.50. The second-order valence-electron chi connectivity index (χ2n) is 4.94. The average molecular weight is 411 g/mol. The van der Waals surface area contributed by atoms with Crippen LogP contribution in [0.2, 0.25) is 5.02 Å². The van der Waals surface area contributed by atoms with Crippen LogP contribution in [0.3, 0.4) is 0 Å². The normalized spacial score (nSPS) is 11.7. The Morgan fingerprint density at radius 2 is 1.62 bits per heavy atom. The van der Waals surface area contributed by atoms with Crippen LogP contribution in [0.5, 0.6) is 0 Å². The minimum absolute atomic E-state index is 0.290. The van der Waals surface area contributed by atoms with Gasteiger partial charge < -0.3 is 0 Å². The van der Waals surface area contributed by atoms with Crippen molar-refractivity contribution >= 4 is 50.7 Å². The highest BCUT2D eigenvalue weighted by Gasteiger charge is 2.32. The van der Waals surface area contributed by atoms with Gasteiger partial charge in [-0.25, -0.2) is 4.39 Å². The molecule has 0 amide bonds. The molecule has 0 aromatic heterocycles. The van der Waals surface area contributed by atoms with Crippen molar-refractivity contribution in [3.05, 3.63) is 68.9 Å². The largest absolute Gasteiger partial charge is 0.206 e. The Bertz CT molecular complexity index is 609. The molecule has 0 fully saturated rings. The Kier molecular flexibility index (Phi) is 5.96. The monoisotopic (exact) mass is 408 g/mol. The summed E-state index contributed by atoms with van der Waals surface area (Å²) in [5, 5.41) is 0.656. The zero-order chi connectivity index (χ0) is 15.5. The van der Waals surface area contributed by atoms with E-state index in [0.717, 1.165) is 11.1 Å². The van der Waals surface area contributed by atoms with Gasteiger partial charge in [-0.05, 0) is 51.7 Å². The van der Waals surface area contributed by atoms with E-state index in [1.165, 1.54) is 6.07 Å². The molecule has 0 aliphatic heterocycles. The second-order valence-corrected chi connectivity index (χ2v) is 6.71. The molecule has 21 heavy (non-hydrogen) atoms. The number of halogens is 5. The smallest absolute Gasteiger partial charge is 0.137 e. The molecule has 5 heteroatoms. The van der Waals surface area contributed by atoms with Gasteiger partial charge in [0.15, 0.2) is 0 Å². The lowest BCUT2D eigenvalue weighted by molar-refractivity contribution is 0.530. The molecular weight excluding hydrogens is 397 g/mol. The topological polar surface area (TPSA) is 0 Å². The molecule has 0 radical (unpaired) electrons. The van der Waals surface area contributed by atoms with E-state index >= 15 is 0 Å². The van der Waals surface area contributed by atoms with Gasteiger partial charge in [-0.15, -0.1) is 23.2 Å². The van der Waals surface area contributed by atoms with Gasteiger partial charge in [0.25, 0.3) is 0 Å². The van der Waals surface area contributed by atoms with Crippen LogP contribution >= 0.6 is 50.7 Å². The van der Waals surface area contributed by atoms with Gasteiger partial charge in [-0.3, -0.25) is 0 Å². The van der Waals surface area contributed by atoms with Crippen LogP contribution < -0.4 is 0 Å². The third-order valence-electron chi connectivity index (χ3n) is 3.53. The molecule has 0 unspecified atom stereocenters. The Balaban J connectivity index is 2.43. The first kappa shape index (κ1) is 17.1. The third kappa shape index (κ3) is 3.73. The maximum atomic E-state index is 13.7. The summed E-state index contributed by atoms with van der Waals surface area (Å²) < 4.78 is 14.1. The summed E-state index contributed by atoms with van der Waals surface area (Å²) in [7, 11) is 0. The Labute approximate surface area is 147 Å². The van der Waals surface area contributed by atoms with Crippen LogP contribution in [-0.2, 0) is 11.8 Å². The molecule has 2 aromatic rings. The number of hydrogen-bond donors (Lipinski definition) is 0. The molecule has 0 atom stereocenters. The van der Waals surface area contributed by atoms with Gasteiger partial charge in [-0.2, -0.15) is 0 Å². The molecule has 2 rings (SSSR count). The summed E-state index contributed by atoms with van der Waals surface area (Å²) in [6, 6.07) is 12.4. The first-order chi connectivity index (χ1) is 10.0. The summed E-state index contributed by atoms with van der Waals surface area (Å²) in [6.07, 6.45) is 0.542. The maximum absolute atomic E-state index is 13.7. The first-order valence-electron chi connectivity index (χ1n) is 6.33. The highest BCUT2D eigenvalue weighted by molar-refractivity contribution is 9.10. The van der Waals surface area contributed by atoms with E-state index in [1.807, 2.05) is 30.3 Å². The Morgan fingerprint density at radius 1 is 1.00 bits per heavy atom. The van der Waals surface area contributed by atoms with Crippen molar-refractivity contribution in [1.82, 2.24) is 0 Å². The van der Waals surface area contributed by atoms with E-state index in [-0.39, 0.29) is 5.82 Å². The molecule has 0 bridgehead atoms. The zero-order valence-electron chi connectivity index (χ0n) is 11.1. The van der Waals surface area contributed by atoms with Crippen LogP contribution in [-0.4, -0.2) is 11.8 Å². The molecule has 2 aromatic carbocycles. The lowest BCUT2D eigenvalue weighted by Gasteiger charge is -2.31. The molecule has 0 spiro atoms. The zero-order valence-corrected chi connectivity index (χ0v) is 14.9. The highest BCUT2D eigenvalue weighted by atomic mass is 79.9. The van der Waals surface area contributed by atoms with Crippen molar-refractivity contribution in [3.8, 4) is 0 Å². The second kappa shape index (κ2) is 7.32. The van der Waals surface area contributed by atoms with Crippen LogP contribution in [0.15, 0.2) is 46.9 Å². The van der Waals surface area contributed by atoms with Crippen molar-refractivity contribution in [2.45, 2.75) is 11.8 Å². The Morgan fingerprint density at radius 3 is 2.19 bits per heavy atom. The number of alkyl halides is 2. The Hall–Kier alpha value is -0.280. The SMILES string of the molecule is Fc1cccc(CC(CCl)(CCl)c2ccc(Cl)cc2)c1Br. The predicted molar refractivity (Wildman–Crippen MR) is 92.4 cm³/mol. The quantitative estimate of drug-likeness (QED) is 0.515. The molecule has 0 saturated heterocycles. The fourth-order valence-electron chi connectivity index (χ4n) is 2.24. The summed E-state index contributed by atoms with van der Waals surface area (Å²) in [6.45, 7) is 0. The molecule has 0 nitrogen and oxygen atoms in total. The third-order valence-corrected chi connectivity index (χ3v) is 5.69. The van der Waals surface area contributed by atoms with Crippen molar-refractivity contribution in [3.63, 3.8) is 0 Å². The lowest BCUT2D eigenvalue weighted by atomic mass is 9.79. The molecule has 0 saturated carbocycles. The number of hydrogen-bond acceptors (Lipinski definition) is 0. The van der Waals surface area contributed by atoms with E-state index in [4.69, 9.17) is 34.8 Å². The number of benzene rings is 2. The summed E-state index contributed by atoms with van der Waals surface area (Å²) >= 11 is 21.7. The molecule has 112 valence electrons. The van der Waals surface area contributed by atoms with Crippen LogP contribution in [0.4, 0.5) is 4.39 Å². The molecule has 0 aliphatic rings. The molecular formula is C16H13BrCl3F. The fraction of sp³-hybridized carbons (Fsp3) is 0.250. The summed E-state index contributed by atoms with van der Waals surface area (Å²) in [5.41, 5.74) is 1.36. The van der Waals surface area contributed by atoms with Gasteiger partial charge in [0.05, 0.1) is 4.47 Å². The van der Waals surface area contributed by atoms with E-state index in [0.29, 0.717) is 27.7 Å². The first-order valence-corrected chi connectivity index (χ1v) is 8.57. The van der Waals surface area contributed by atoms with Gasteiger partial charge in [-0.1, -0.05) is 35.9 Å². The lowest BCUT2D eigenvalue weighted by Crippen LogP contribution is -2.33. The maximum Gasteiger partial charge on any atom is 0.137 e. The summed E-state index contributed by atoms with van der Waals surface area (Å²) in [5.74, 6) is 0.379. The standard InChI is InChI=1S/C16H13BrCl3F/c17-15-11(2-1-3-14(15)21)8-16(9-18,10-19)12-4-6-13(20)7-5-12/h1-7H,8-10H2. The van der Waals surface area contributed by atoms with E-state index in [2.05, 4.69) is 15.9 Å². The minimum atomic E-state index is -0.468. The fourth-order valence-corrected chi connectivity index (χ4v) is 3.55. The molecule has 0 N–H and O–H groups in total. The van der Waals surface area contributed by atoms with Gasteiger partial charge in [0.1, 0.15) is 5.82 Å². The predicted octanol–water partition coefficient (Wildman–Crippen LogP) is 6.20. The van der Waals surface area contributed by atoms with Crippen molar-refractivity contribution in [1.29, 1.82) is 0 Å². The van der Waals surface area contributed by atoms with Crippen molar-refractivity contribution < 1.29 is 4.39 Å². The van der Waals surface area contributed by atoms with Crippen LogP contribution in [0.1, 0.15) is 11.1 Å². The van der Waals surface area contributed by atoms with E-state index in [9.17, 15) is 4.39 Å². The van der Waals surface area contributed by atoms with Crippen molar-refractivity contribution in [2.24, 2.45) is 0 Å². The van der Waals surface area contributed by atoms with Gasteiger partial charge >= 0.3 is 0 Å². The van der Waals surface area contributed by atoms with Crippen molar-refractivity contribution in [2.75, 3.05) is 11.8 Å². The molecule has 0 heterocycles. The summed E-state index contributed by atoms with van der Waals surface area (Å²) in [4.78, 5) is 0. The highest BCUT2D eigenvalue weighted by Crippen LogP contribution is 2.35. The van der Waals surface area contributed by atoms with E-state index < -0.39 is 5.41 Å². The molecule has 0 aliphatic carbocycles. The van der Waals surface area contributed by atoms with Gasteiger partial charge in [0.2, 0.25) is 0 Å². The van der Waals surface area contributed by atoms with E-state index in [1.54, 1.807) is 6.07 Å². The minimum Gasteiger partial charge on any atom is -0.206 e.